The molecule has 1 unspecified atom stereocenters. The number of thiophene rings is 1. The Balaban J connectivity index is 2.17. The summed E-state index contributed by atoms with van der Waals surface area (Å²) >= 11 is 1.75. The summed E-state index contributed by atoms with van der Waals surface area (Å²) in [6.45, 7) is 5.18. The third kappa shape index (κ3) is 3.88. The zero-order valence-electron chi connectivity index (χ0n) is 11.4. The highest BCUT2D eigenvalue weighted by Crippen LogP contribution is 2.24. The van der Waals surface area contributed by atoms with Gasteiger partial charge in [-0.2, -0.15) is 0 Å². The molecule has 0 fully saturated rings. The molecule has 0 aliphatic heterocycles. The first kappa shape index (κ1) is 14.2. The zero-order valence-corrected chi connectivity index (χ0v) is 12.3. The predicted octanol–water partition coefficient (Wildman–Crippen LogP) is 4.48. The minimum Gasteiger partial charge on any atom is -0.309 e. The van der Waals surface area contributed by atoms with E-state index in [1.807, 2.05) is 13.0 Å². The fraction of sp³-hybridized carbons (Fsp3) is 0.375. The second-order valence-corrected chi connectivity index (χ2v) is 5.78. The standard InChI is InChI=1S/C16H20FNS/c1-3-8-18-15(16-5-4-9-19-16)11-13-10-14(17)7-6-12(13)2/h4-7,9-10,15,18H,3,8,11H2,1-2H3. The van der Waals surface area contributed by atoms with Crippen LogP contribution in [0.4, 0.5) is 4.39 Å². The van der Waals surface area contributed by atoms with Crippen LogP contribution in [0.1, 0.15) is 35.4 Å². The first-order valence-corrected chi connectivity index (χ1v) is 7.60. The predicted molar refractivity (Wildman–Crippen MR) is 80.2 cm³/mol. The van der Waals surface area contributed by atoms with Crippen molar-refractivity contribution in [3.8, 4) is 0 Å². The van der Waals surface area contributed by atoms with Crippen LogP contribution in [0.2, 0.25) is 0 Å². The Morgan fingerprint density at radius 2 is 2.16 bits per heavy atom. The average Bonchev–Trinajstić information content (AvgIpc) is 2.92. The molecule has 1 nitrogen and oxygen atoms in total. The fourth-order valence-electron chi connectivity index (χ4n) is 2.16. The maximum Gasteiger partial charge on any atom is 0.123 e. The first-order valence-electron chi connectivity index (χ1n) is 6.72. The topological polar surface area (TPSA) is 12.0 Å². The molecule has 0 aliphatic carbocycles. The third-order valence-electron chi connectivity index (χ3n) is 3.26. The summed E-state index contributed by atoms with van der Waals surface area (Å²) in [4.78, 5) is 1.32. The lowest BCUT2D eigenvalue weighted by atomic mass is 10.00. The van der Waals surface area contributed by atoms with Crippen molar-refractivity contribution in [2.24, 2.45) is 0 Å². The largest absolute Gasteiger partial charge is 0.309 e. The molecule has 1 aromatic heterocycles. The van der Waals surface area contributed by atoms with E-state index in [4.69, 9.17) is 0 Å². The van der Waals surface area contributed by atoms with E-state index in [2.05, 4.69) is 29.8 Å². The van der Waals surface area contributed by atoms with Crippen molar-refractivity contribution in [3.63, 3.8) is 0 Å². The van der Waals surface area contributed by atoms with Gasteiger partial charge < -0.3 is 5.32 Å². The molecule has 0 bridgehead atoms. The Hall–Kier alpha value is -1.19. The minimum absolute atomic E-state index is 0.152. The van der Waals surface area contributed by atoms with Crippen LogP contribution in [0.25, 0.3) is 0 Å². The number of nitrogens with one attached hydrogen (secondary N) is 1. The lowest BCUT2D eigenvalue weighted by molar-refractivity contribution is 0.533. The highest BCUT2D eigenvalue weighted by atomic mass is 32.1. The molecule has 2 aromatic rings. The van der Waals surface area contributed by atoms with Crippen molar-refractivity contribution in [1.29, 1.82) is 0 Å². The summed E-state index contributed by atoms with van der Waals surface area (Å²) < 4.78 is 13.4. The van der Waals surface area contributed by atoms with E-state index in [1.54, 1.807) is 17.4 Å². The van der Waals surface area contributed by atoms with Crippen molar-refractivity contribution in [3.05, 3.63) is 57.5 Å². The average molecular weight is 277 g/mol. The number of benzene rings is 1. The Bertz CT molecular complexity index is 507. The van der Waals surface area contributed by atoms with Crippen LogP contribution in [-0.4, -0.2) is 6.54 Å². The van der Waals surface area contributed by atoms with Crippen LogP contribution in [0.15, 0.2) is 35.7 Å². The lowest BCUT2D eigenvalue weighted by Crippen LogP contribution is -2.23. The van der Waals surface area contributed by atoms with Crippen LogP contribution < -0.4 is 5.32 Å². The molecule has 0 saturated carbocycles. The van der Waals surface area contributed by atoms with E-state index >= 15 is 0 Å². The second kappa shape index (κ2) is 6.83. The minimum atomic E-state index is -0.152. The lowest BCUT2D eigenvalue weighted by Gasteiger charge is -2.18. The van der Waals surface area contributed by atoms with E-state index in [1.165, 1.54) is 10.9 Å². The van der Waals surface area contributed by atoms with Crippen molar-refractivity contribution < 1.29 is 4.39 Å². The van der Waals surface area contributed by atoms with E-state index in [-0.39, 0.29) is 11.9 Å². The first-order chi connectivity index (χ1) is 9.20. The van der Waals surface area contributed by atoms with Gasteiger partial charge in [0.05, 0.1) is 0 Å². The van der Waals surface area contributed by atoms with Gasteiger partial charge in [0.1, 0.15) is 5.82 Å². The van der Waals surface area contributed by atoms with E-state index in [0.717, 1.165) is 30.5 Å². The van der Waals surface area contributed by atoms with Gasteiger partial charge in [0.2, 0.25) is 0 Å². The molecule has 102 valence electrons. The highest BCUT2D eigenvalue weighted by Gasteiger charge is 2.14. The molecule has 0 saturated heterocycles. The normalized spacial score (nSPS) is 12.6. The van der Waals surface area contributed by atoms with Gasteiger partial charge in [-0.3, -0.25) is 0 Å². The van der Waals surface area contributed by atoms with Crippen molar-refractivity contribution in [1.82, 2.24) is 5.32 Å². The van der Waals surface area contributed by atoms with Crippen molar-refractivity contribution in [2.75, 3.05) is 6.54 Å². The fourth-order valence-corrected chi connectivity index (χ4v) is 2.96. The zero-order chi connectivity index (χ0) is 13.7. The van der Waals surface area contributed by atoms with Gasteiger partial charge in [-0.15, -0.1) is 11.3 Å². The Labute approximate surface area is 118 Å². The number of halogens is 1. The van der Waals surface area contributed by atoms with Crippen molar-refractivity contribution in [2.45, 2.75) is 32.7 Å². The molecule has 0 radical (unpaired) electrons. The van der Waals surface area contributed by atoms with Crippen LogP contribution >= 0.6 is 11.3 Å². The number of hydrogen-bond acceptors (Lipinski definition) is 2. The molecular weight excluding hydrogens is 257 g/mol. The van der Waals surface area contributed by atoms with Gasteiger partial charge in [0.25, 0.3) is 0 Å². The van der Waals surface area contributed by atoms with Gasteiger partial charge in [-0.05, 0) is 61.0 Å². The molecule has 1 atom stereocenters. The van der Waals surface area contributed by atoms with Gasteiger partial charge in [0, 0.05) is 10.9 Å². The molecule has 0 aliphatic rings. The summed E-state index contributed by atoms with van der Waals surface area (Å²) in [6.07, 6.45) is 1.94. The van der Waals surface area contributed by atoms with E-state index in [9.17, 15) is 4.39 Å². The van der Waals surface area contributed by atoms with Crippen LogP contribution in [0, 0.1) is 12.7 Å². The summed E-state index contributed by atoms with van der Waals surface area (Å²) in [7, 11) is 0. The SMILES string of the molecule is CCCNC(Cc1cc(F)ccc1C)c1cccs1. The monoisotopic (exact) mass is 277 g/mol. The molecule has 1 aromatic carbocycles. The molecule has 1 N–H and O–H groups in total. The molecule has 2 rings (SSSR count). The van der Waals surface area contributed by atoms with Crippen molar-refractivity contribution >= 4 is 11.3 Å². The Morgan fingerprint density at radius 1 is 1.32 bits per heavy atom. The Morgan fingerprint density at radius 3 is 2.84 bits per heavy atom. The summed E-state index contributed by atoms with van der Waals surface area (Å²) in [5.41, 5.74) is 2.24. The molecule has 3 heteroatoms. The van der Waals surface area contributed by atoms with Crippen LogP contribution in [0.3, 0.4) is 0 Å². The summed E-state index contributed by atoms with van der Waals surface area (Å²) in [6, 6.07) is 9.53. The molecular formula is C16H20FNS. The molecule has 0 spiro atoms. The van der Waals surface area contributed by atoms with Crippen LogP contribution in [-0.2, 0) is 6.42 Å². The number of aryl methyl sites for hydroxylation is 1. The number of rotatable bonds is 6. The van der Waals surface area contributed by atoms with Gasteiger partial charge in [0.15, 0.2) is 0 Å². The quantitative estimate of drug-likeness (QED) is 0.821. The maximum absolute atomic E-state index is 13.4. The summed E-state index contributed by atoms with van der Waals surface area (Å²) in [5.74, 6) is -0.152. The highest BCUT2D eigenvalue weighted by molar-refractivity contribution is 7.10. The van der Waals surface area contributed by atoms with E-state index in [0.29, 0.717) is 0 Å². The van der Waals surface area contributed by atoms with Gasteiger partial charge in [-0.1, -0.05) is 19.1 Å². The third-order valence-corrected chi connectivity index (χ3v) is 4.25. The maximum atomic E-state index is 13.4. The molecule has 1 heterocycles. The summed E-state index contributed by atoms with van der Waals surface area (Å²) in [5, 5.41) is 5.65. The Kier molecular flexibility index (Phi) is 5.11. The van der Waals surface area contributed by atoms with Crippen LogP contribution in [0.5, 0.6) is 0 Å². The second-order valence-electron chi connectivity index (χ2n) is 4.80. The molecule has 19 heavy (non-hydrogen) atoms. The smallest absolute Gasteiger partial charge is 0.123 e. The van der Waals surface area contributed by atoms with E-state index < -0.39 is 0 Å². The van der Waals surface area contributed by atoms with Gasteiger partial charge >= 0.3 is 0 Å². The van der Waals surface area contributed by atoms with Gasteiger partial charge in [-0.25, -0.2) is 4.39 Å². The number of hydrogen-bond donors (Lipinski definition) is 1. The molecule has 0 amide bonds.